The van der Waals surface area contributed by atoms with Crippen LogP contribution < -0.4 is 5.32 Å². The Kier molecular flexibility index (Phi) is 3.61. The van der Waals surface area contributed by atoms with Crippen LogP contribution in [-0.2, 0) is 16.9 Å². The van der Waals surface area contributed by atoms with Crippen molar-refractivity contribution in [2.75, 3.05) is 0 Å². The number of furan rings is 1. The van der Waals surface area contributed by atoms with Crippen LogP contribution in [0.15, 0.2) is 59.3 Å². The van der Waals surface area contributed by atoms with Crippen molar-refractivity contribution in [1.29, 1.82) is 0 Å². The zero-order valence-electron chi connectivity index (χ0n) is 13.8. The number of rotatable bonds is 4. The Morgan fingerprint density at radius 3 is 2.81 bits per heavy atom. The van der Waals surface area contributed by atoms with Gasteiger partial charge in [0.25, 0.3) is 5.91 Å². The zero-order chi connectivity index (χ0) is 18.3. The quantitative estimate of drug-likeness (QED) is 0.730. The lowest BCUT2D eigenvalue weighted by atomic mass is 9.99. The molecule has 0 spiro atoms. The van der Waals surface area contributed by atoms with E-state index in [4.69, 9.17) is 4.42 Å². The molecule has 3 aromatic rings. The van der Waals surface area contributed by atoms with Crippen molar-refractivity contribution < 1.29 is 18.4 Å². The molecule has 1 atom stereocenters. The van der Waals surface area contributed by atoms with Crippen molar-refractivity contribution in [1.82, 2.24) is 20.0 Å². The van der Waals surface area contributed by atoms with Crippen LogP contribution in [0.25, 0.3) is 5.69 Å². The third-order valence-corrected chi connectivity index (χ3v) is 4.33. The second kappa shape index (κ2) is 5.83. The molecular formula is C18H15FN4O3. The summed E-state index contributed by atoms with van der Waals surface area (Å²) in [7, 11) is 0. The monoisotopic (exact) mass is 354 g/mol. The van der Waals surface area contributed by atoms with Gasteiger partial charge in [-0.05, 0) is 43.3 Å². The van der Waals surface area contributed by atoms with Crippen molar-refractivity contribution >= 4 is 11.9 Å². The molecule has 1 aliphatic heterocycles. The van der Waals surface area contributed by atoms with E-state index in [0.717, 1.165) is 4.90 Å². The minimum atomic E-state index is -1.24. The van der Waals surface area contributed by atoms with Gasteiger partial charge in [-0.2, -0.15) is 5.10 Å². The molecule has 26 heavy (non-hydrogen) atoms. The summed E-state index contributed by atoms with van der Waals surface area (Å²) in [6, 6.07) is 10.4. The van der Waals surface area contributed by atoms with E-state index in [9.17, 15) is 14.0 Å². The number of halogens is 1. The van der Waals surface area contributed by atoms with Crippen LogP contribution in [0.5, 0.6) is 0 Å². The highest BCUT2D eigenvalue weighted by molar-refractivity contribution is 6.06. The Morgan fingerprint density at radius 1 is 1.23 bits per heavy atom. The molecule has 0 unspecified atom stereocenters. The molecule has 0 bridgehead atoms. The summed E-state index contributed by atoms with van der Waals surface area (Å²) < 4.78 is 20.1. The molecule has 4 rings (SSSR count). The molecule has 1 aromatic carbocycles. The van der Waals surface area contributed by atoms with Crippen LogP contribution in [0.1, 0.15) is 18.4 Å². The van der Waals surface area contributed by atoms with Crippen LogP contribution in [0.3, 0.4) is 0 Å². The summed E-state index contributed by atoms with van der Waals surface area (Å²) in [6.07, 6.45) is 3.09. The first-order valence-corrected chi connectivity index (χ1v) is 7.96. The topological polar surface area (TPSA) is 80.4 Å². The van der Waals surface area contributed by atoms with Crippen LogP contribution in [0.2, 0.25) is 0 Å². The van der Waals surface area contributed by atoms with E-state index in [-0.39, 0.29) is 12.4 Å². The fourth-order valence-corrected chi connectivity index (χ4v) is 2.94. The molecule has 3 amide bonds. The fourth-order valence-electron chi connectivity index (χ4n) is 2.94. The Labute approximate surface area is 148 Å². The second-order valence-electron chi connectivity index (χ2n) is 6.16. The first-order valence-electron chi connectivity index (χ1n) is 7.96. The number of urea groups is 1. The van der Waals surface area contributed by atoms with Crippen molar-refractivity contribution in [3.63, 3.8) is 0 Å². The van der Waals surface area contributed by atoms with E-state index in [1.54, 1.807) is 43.5 Å². The standard InChI is InChI=1S/C18H15FN4O3/c1-18(15-6-3-9-26-15)16(24)22(17(25)20-18)11-13-7-8-23(21-13)14-5-2-4-12(19)10-14/h2-10H,11H2,1H3,(H,20,25)/t18-/m1/s1. The molecule has 1 saturated heterocycles. The van der Waals surface area contributed by atoms with E-state index in [0.29, 0.717) is 17.1 Å². The summed E-state index contributed by atoms with van der Waals surface area (Å²) in [5, 5.41) is 6.98. The lowest BCUT2D eigenvalue weighted by Crippen LogP contribution is -2.40. The van der Waals surface area contributed by atoms with Gasteiger partial charge in [0.05, 0.1) is 24.2 Å². The van der Waals surface area contributed by atoms with Gasteiger partial charge in [0.1, 0.15) is 11.6 Å². The van der Waals surface area contributed by atoms with Gasteiger partial charge >= 0.3 is 6.03 Å². The van der Waals surface area contributed by atoms with Gasteiger partial charge in [0.2, 0.25) is 0 Å². The highest BCUT2D eigenvalue weighted by atomic mass is 19.1. The van der Waals surface area contributed by atoms with E-state index in [1.165, 1.54) is 23.1 Å². The summed E-state index contributed by atoms with van der Waals surface area (Å²) in [5.41, 5.74) is -0.193. The molecule has 8 heteroatoms. The molecular weight excluding hydrogens is 339 g/mol. The number of nitrogens with zero attached hydrogens (tertiary/aromatic N) is 3. The number of hydrogen-bond acceptors (Lipinski definition) is 4. The Hall–Kier alpha value is -3.42. The molecule has 7 nitrogen and oxygen atoms in total. The molecule has 132 valence electrons. The van der Waals surface area contributed by atoms with Crippen LogP contribution in [0.4, 0.5) is 9.18 Å². The predicted molar refractivity (Wildman–Crippen MR) is 88.7 cm³/mol. The summed E-state index contributed by atoms with van der Waals surface area (Å²) in [5.74, 6) is -0.427. The first kappa shape index (κ1) is 16.1. The number of carbonyl (C=O) groups excluding carboxylic acids is 2. The molecule has 3 heterocycles. The largest absolute Gasteiger partial charge is 0.466 e. The van der Waals surface area contributed by atoms with Crippen molar-refractivity contribution in [2.24, 2.45) is 0 Å². The molecule has 0 aliphatic carbocycles. The Morgan fingerprint density at radius 2 is 2.08 bits per heavy atom. The number of carbonyl (C=O) groups is 2. The molecule has 0 saturated carbocycles. The summed E-state index contributed by atoms with van der Waals surface area (Å²) >= 11 is 0. The lowest BCUT2D eigenvalue weighted by molar-refractivity contribution is -0.132. The first-order chi connectivity index (χ1) is 12.5. The van der Waals surface area contributed by atoms with Crippen molar-refractivity contribution in [2.45, 2.75) is 19.0 Å². The number of benzene rings is 1. The van der Waals surface area contributed by atoms with E-state index >= 15 is 0 Å². The third kappa shape index (κ3) is 2.55. The molecule has 2 aromatic heterocycles. The number of amides is 3. The van der Waals surface area contributed by atoms with E-state index < -0.39 is 17.5 Å². The van der Waals surface area contributed by atoms with Crippen LogP contribution >= 0.6 is 0 Å². The van der Waals surface area contributed by atoms with Gasteiger partial charge in [-0.3, -0.25) is 9.69 Å². The maximum atomic E-state index is 13.4. The normalized spacial score (nSPS) is 19.8. The van der Waals surface area contributed by atoms with E-state index in [1.807, 2.05) is 0 Å². The maximum absolute atomic E-state index is 13.4. The minimum absolute atomic E-state index is 0.00325. The highest BCUT2D eigenvalue weighted by Crippen LogP contribution is 2.29. The SMILES string of the molecule is C[C@]1(c2ccco2)NC(=O)N(Cc2ccn(-c3cccc(F)c3)n2)C1=O. The predicted octanol–water partition coefficient (Wildman–Crippen LogP) is 2.57. The van der Waals surface area contributed by atoms with Gasteiger partial charge in [-0.15, -0.1) is 0 Å². The smallest absolute Gasteiger partial charge is 0.325 e. The zero-order valence-corrected chi connectivity index (χ0v) is 13.8. The number of nitrogens with one attached hydrogen (secondary N) is 1. The third-order valence-electron chi connectivity index (χ3n) is 4.33. The second-order valence-corrected chi connectivity index (χ2v) is 6.16. The van der Waals surface area contributed by atoms with Crippen molar-refractivity contribution in [3.8, 4) is 5.69 Å². The Bertz CT molecular complexity index is 982. The highest BCUT2D eigenvalue weighted by Gasteiger charge is 2.51. The summed E-state index contributed by atoms with van der Waals surface area (Å²) in [6.45, 7) is 1.60. The molecule has 1 N–H and O–H groups in total. The maximum Gasteiger partial charge on any atom is 0.325 e. The fraction of sp³-hybridized carbons (Fsp3) is 0.167. The number of hydrogen-bond donors (Lipinski definition) is 1. The minimum Gasteiger partial charge on any atom is -0.466 e. The van der Waals surface area contributed by atoms with Crippen LogP contribution in [0, 0.1) is 5.82 Å². The van der Waals surface area contributed by atoms with Gasteiger partial charge in [-0.1, -0.05) is 6.07 Å². The van der Waals surface area contributed by atoms with Gasteiger partial charge in [0.15, 0.2) is 5.54 Å². The van der Waals surface area contributed by atoms with Crippen molar-refractivity contribution in [3.05, 3.63) is 72.2 Å². The van der Waals surface area contributed by atoms with Crippen LogP contribution in [-0.4, -0.2) is 26.6 Å². The van der Waals surface area contributed by atoms with Gasteiger partial charge in [-0.25, -0.2) is 13.9 Å². The number of aromatic nitrogens is 2. The summed E-state index contributed by atoms with van der Waals surface area (Å²) in [4.78, 5) is 26.1. The average molecular weight is 354 g/mol. The molecule has 1 aliphatic rings. The van der Waals surface area contributed by atoms with Gasteiger partial charge in [0, 0.05) is 6.20 Å². The molecule has 1 fully saturated rings. The van der Waals surface area contributed by atoms with Gasteiger partial charge < -0.3 is 9.73 Å². The number of imide groups is 1. The lowest BCUT2D eigenvalue weighted by Gasteiger charge is -2.18. The average Bonchev–Trinajstić information content (AvgIpc) is 3.34. The van der Waals surface area contributed by atoms with E-state index in [2.05, 4.69) is 10.4 Å². The molecule has 0 radical (unpaired) electrons. The Balaban J connectivity index is 1.56.